The fraction of sp³-hybridized carbons (Fsp3) is 0.294. The van der Waals surface area contributed by atoms with E-state index in [1.807, 2.05) is 42.6 Å². The SMILES string of the molecule is O=C1Nc2ccc([N+](=O)[O-])cc2C1=C(Nc1ccc(-c2c[nH]c(N3CCCC3)n2)cc1)c1ccc(CN2CCCCC2)cc1. The van der Waals surface area contributed by atoms with Crippen molar-refractivity contribution < 1.29 is 9.72 Å². The van der Waals surface area contributed by atoms with Crippen molar-refractivity contribution >= 4 is 40.2 Å². The summed E-state index contributed by atoms with van der Waals surface area (Å²) in [6.07, 6.45) is 8.06. The molecule has 0 bridgehead atoms. The van der Waals surface area contributed by atoms with E-state index in [4.69, 9.17) is 4.98 Å². The highest BCUT2D eigenvalue weighted by Gasteiger charge is 2.30. The lowest BCUT2D eigenvalue weighted by atomic mass is 9.98. The van der Waals surface area contributed by atoms with Gasteiger partial charge in [0, 0.05) is 60.5 Å². The number of nitrogens with one attached hydrogen (secondary N) is 3. The Bertz CT molecular complexity index is 1710. The van der Waals surface area contributed by atoms with Crippen LogP contribution in [0, 0.1) is 10.1 Å². The molecule has 4 aromatic rings. The maximum Gasteiger partial charge on any atom is 0.270 e. The molecule has 3 aromatic carbocycles. The van der Waals surface area contributed by atoms with Crippen molar-refractivity contribution in [3.05, 3.63) is 99.7 Å². The maximum atomic E-state index is 13.4. The highest BCUT2D eigenvalue weighted by Crippen LogP contribution is 2.39. The molecule has 4 heterocycles. The number of fused-ring (bicyclic) bond motifs is 1. The van der Waals surface area contributed by atoms with Gasteiger partial charge >= 0.3 is 0 Å². The number of benzene rings is 3. The summed E-state index contributed by atoms with van der Waals surface area (Å²) in [5.41, 5.74) is 6.64. The molecule has 0 spiro atoms. The molecule has 0 aliphatic carbocycles. The summed E-state index contributed by atoms with van der Waals surface area (Å²) in [5.74, 6) is 0.596. The Morgan fingerprint density at radius 2 is 1.64 bits per heavy atom. The van der Waals surface area contributed by atoms with Crippen LogP contribution in [0.15, 0.2) is 72.9 Å². The van der Waals surface area contributed by atoms with Crippen LogP contribution < -0.4 is 15.5 Å². The van der Waals surface area contributed by atoms with Crippen molar-refractivity contribution in [1.82, 2.24) is 14.9 Å². The lowest BCUT2D eigenvalue weighted by Gasteiger charge is -2.26. The predicted octanol–water partition coefficient (Wildman–Crippen LogP) is 6.50. The van der Waals surface area contributed by atoms with Gasteiger partial charge in [0.25, 0.3) is 11.6 Å². The van der Waals surface area contributed by atoms with Gasteiger partial charge in [-0.15, -0.1) is 0 Å². The van der Waals surface area contributed by atoms with Crippen LogP contribution in [0.5, 0.6) is 0 Å². The van der Waals surface area contributed by atoms with Gasteiger partial charge in [-0.25, -0.2) is 4.98 Å². The van der Waals surface area contributed by atoms with E-state index < -0.39 is 4.92 Å². The summed E-state index contributed by atoms with van der Waals surface area (Å²) in [6.45, 7) is 5.16. The number of aromatic amines is 1. The third kappa shape index (κ3) is 5.68. The fourth-order valence-electron chi connectivity index (χ4n) is 6.37. The van der Waals surface area contributed by atoms with Crippen LogP contribution in [0.4, 0.5) is 23.0 Å². The van der Waals surface area contributed by atoms with E-state index in [0.717, 1.165) is 61.2 Å². The Labute approximate surface area is 256 Å². The van der Waals surface area contributed by atoms with Crippen LogP contribution in [-0.4, -0.2) is 51.9 Å². The van der Waals surface area contributed by atoms with Crippen molar-refractivity contribution in [2.24, 2.45) is 0 Å². The number of hydrogen-bond donors (Lipinski definition) is 3. The van der Waals surface area contributed by atoms with Gasteiger partial charge in [0.2, 0.25) is 5.95 Å². The standard InChI is InChI=1S/C34H35N7O3/c42-33-31(28-20-27(41(43)44)14-15-29(28)37-33)32(25-8-6-23(7-9-25)22-39-16-2-1-3-17-39)36-26-12-10-24(11-13-26)30-21-35-34(38-30)40-18-4-5-19-40/h6-15,20-21,36H,1-5,16-19,22H2,(H,35,38)(H,37,42). The molecule has 44 heavy (non-hydrogen) atoms. The van der Waals surface area contributed by atoms with Crippen molar-refractivity contribution in [3.8, 4) is 11.3 Å². The smallest absolute Gasteiger partial charge is 0.270 e. The molecule has 0 radical (unpaired) electrons. The molecule has 224 valence electrons. The molecular formula is C34H35N7O3. The van der Waals surface area contributed by atoms with E-state index >= 15 is 0 Å². The minimum atomic E-state index is -0.438. The topological polar surface area (TPSA) is 119 Å². The minimum Gasteiger partial charge on any atom is -0.354 e. The van der Waals surface area contributed by atoms with Crippen molar-refractivity contribution in [3.63, 3.8) is 0 Å². The molecule has 10 nitrogen and oxygen atoms in total. The van der Waals surface area contributed by atoms with Crippen LogP contribution in [0.25, 0.3) is 22.5 Å². The normalized spacial score (nSPS) is 17.8. The van der Waals surface area contributed by atoms with Gasteiger partial charge < -0.3 is 20.5 Å². The molecule has 3 aliphatic rings. The zero-order chi connectivity index (χ0) is 30.0. The van der Waals surface area contributed by atoms with Crippen molar-refractivity contribution in [2.45, 2.75) is 38.6 Å². The monoisotopic (exact) mass is 589 g/mol. The van der Waals surface area contributed by atoms with Gasteiger partial charge in [0.15, 0.2) is 0 Å². The number of non-ortho nitro benzene ring substituents is 1. The first-order chi connectivity index (χ1) is 21.5. The van der Waals surface area contributed by atoms with E-state index in [-0.39, 0.29) is 11.6 Å². The van der Waals surface area contributed by atoms with Gasteiger partial charge in [-0.05, 0) is 68.1 Å². The largest absolute Gasteiger partial charge is 0.354 e. The molecular weight excluding hydrogens is 554 g/mol. The number of nitrogens with zero attached hydrogens (tertiary/aromatic N) is 4. The number of carbonyl (C=O) groups excluding carboxylic acids is 1. The fourth-order valence-corrected chi connectivity index (χ4v) is 6.37. The Morgan fingerprint density at radius 3 is 2.36 bits per heavy atom. The first kappa shape index (κ1) is 27.8. The molecule has 1 amide bonds. The zero-order valence-corrected chi connectivity index (χ0v) is 24.5. The number of likely N-dealkylation sites (tertiary alicyclic amines) is 1. The second-order valence-electron chi connectivity index (χ2n) is 11.7. The molecule has 7 rings (SSSR count). The summed E-state index contributed by atoms with van der Waals surface area (Å²) < 4.78 is 0. The van der Waals surface area contributed by atoms with Crippen LogP contribution in [0.3, 0.4) is 0 Å². The maximum absolute atomic E-state index is 13.4. The lowest BCUT2D eigenvalue weighted by molar-refractivity contribution is -0.384. The number of hydrogen-bond acceptors (Lipinski definition) is 7. The minimum absolute atomic E-state index is 0.0642. The summed E-state index contributed by atoms with van der Waals surface area (Å²) in [5, 5.41) is 18.0. The zero-order valence-electron chi connectivity index (χ0n) is 24.5. The molecule has 2 fully saturated rings. The van der Waals surface area contributed by atoms with Crippen LogP contribution in [0.2, 0.25) is 0 Å². The highest BCUT2D eigenvalue weighted by molar-refractivity contribution is 6.37. The average molecular weight is 590 g/mol. The van der Waals surface area contributed by atoms with Crippen molar-refractivity contribution in [1.29, 1.82) is 0 Å². The Hall–Kier alpha value is -4.96. The number of aromatic nitrogens is 2. The number of anilines is 3. The van der Waals surface area contributed by atoms with Gasteiger partial charge in [-0.2, -0.15) is 0 Å². The predicted molar refractivity (Wildman–Crippen MR) is 173 cm³/mol. The van der Waals surface area contributed by atoms with E-state index in [9.17, 15) is 14.9 Å². The van der Waals surface area contributed by atoms with Gasteiger partial charge in [0.05, 0.1) is 21.9 Å². The second-order valence-corrected chi connectivity index (χ2v) is 11.7. The van der Waals surface area contributed by atoms with E-state index in [1.165, 1.54) is 49.8 Å². The summed E-state index contributed by atoms with van der Waals surface area (Å²) in [6, 6.07) is 20.7. The molecule has 2 saturated heterocycles. The van der Waals surface area contributed by atoms with Crippen LogP contribution >= 0.6 is 0 Å². The number of carbonyl (C=O) groups is 1. The number of piperidine rings is 1. The highest BCUT2D eigenvalue weighted by atomic mass is 16.6. The molecule has 10 heteroatoms. The summed E-state index contributed by atoms with van der Waals surface area (Å²) in [7, 11) is 0. The number of nitro groups is 1. The van der Waals surface area contributed by atoms with Crippen LogP contribution in [0.1, 0.15) is 48.8 Å². The Morgan fingerprint density at radius 1 is 0.909 bits per heavy atom. The molecule has 1 aromatic heterocycles. The summed E-state index contributed by atoms with van der Waals surface area (Å²) >= 11 is 0. The molecule has 0 unspecified atom stereocenters. The second kappa shape index (κ2) is 12.0. The lowest BCUT2D eigenvalue weighted by Crippen LogP contribution is -2.29. The molecule has 0 saturated carbocycles. The van der Waals surface area contributed by atoms with Crippen LogP contribution in [-0.2, 0) is 11.3 Å². The van der Waals surface area contributed by atoms with E-state index in [0.29, 0.717) is 22.5 Å². The molecule has 3 N–H and O–H groups in total. The summed E-state index contributed by atoms with van der Waals surface area (Å²) in [4.78, 5) is 37.4. The van der Waals surface area contributed by atoms with E-state index in [1.54, 1.807) is 6.07 Å². The van der Waals surface area contributed by atoms with Gasteiger partial charge in [-0.3, -0.25) is 19.8 Å². The number of amides is 1. The Balaban J connectivity index is 1.21. The van der Waals surface area contributed by atoms with Gasteiger partial charge in [0.1, 0.15) is 0 Å². The number of nitro benzene ring substituents is 1. The number of rotatable bonds is 8. The first-order valence-electron chi connectivity index (χ1n) is 15.4. The van der Waals surface area contributed by atoms with E-state index in [2.05, 4.69) is 37.6 Å². The third-order valence-corrected chi connectivity index (χ3v) is 8.73. The molecule has 3 aliphatic heterocycles. The first-order valence-corrected chi connectivity index (χ1v) is 15.4. The third-order valence-electron chi connectivity index (χ3n) is 8.73. The quantitative estimate of drug-likeness (QED) is 0.122. The Kier molecular flexibility index (Phi) is 7.57. The number of imidazole rings is 1. The average Bonchev–Trinajstić information content (AvgIpc) is 3.81. The number of H-pyrrole nitrogens is 1. The van der Waals surface area contributed by atoms with Crippen molar-refractivity contribution in [2.75, 3.05) is 41.7 Å². The van der Waals surface area contributed by atoms with Gasteiger partial charge in [-0.1, -0.05) is 42.8 Å². The molecule has 0 atom stereocenters.